The van der Waals surface area contributed by atoms with Gasteiger partial charge in [0.05, 0.1) is 38.4 Å². The molecule has 0 spiro atoms. The molecule has 6 nitrogen and oxygen atoms in total. The molecule has 1 heterocycles. The molecule has 1 aliphatic carbocycles. The van der Waals surface area contributed by atoms with Crippen molar-refractivity contribution in [1.29, 1.82) is 0 Å². The number of esters is 2. The van der Waals surface area contributed by atoms with Crippen LogP contribution in [0.4, 0.5) is 0 Å². The average Bonchev–Trinajstić information content (AvgIpc) is 2.96. The van der Waals surface area contributed by atoms with Crippen LogP contribution in [-0.2, 0) is 19.1 Å². The highest BCUT2D eigenvalue weighted by molar-refractivity contribution is 5.75. The van der Waals surface area contributed by atoms with E-state index in [1.807, 2.05) is 0 Å². The third-order valence-electron chi connectivity index (χ3n) is 4.15. The summed E-state index contributed by atoms with van der Waals surface area (Å²) in [5.41, 5.74) is 0. The Labute approximate surface area is 123 Å². The van der Waals surface area contributed by atoms with E-state index in [2.05, 4.69) is 0 Å². The van der Waals surface area contributed by atoms with Gasteiger partial charge in [-0.05, 0) is 31.4 Å². The zero-order valence-corrected chi connectivity index (χ0v) is 12.2. The number of hydrogen-bond donors (Lipinski definition) is 1. The predicted octanol–water partition coefficient (Wildman–Crippen LogP) is 1.49. The predicted molar refractivity (Wildman–Crippen MR) is 72.3 cm³/mol. The number of furan rings is 1. The van der Waals surface area contributed by atoms with Gasteiger partial charge in [-0.3, -0.25) is 9.59 Å². The van der Waals surface area contributed by atoms with E-state index in [1.54, 1.807) is 12.1 Å². The Bertz CT molecular complexity index is 480. The second kappa shape index (κ2) is 6.76. The van der Waals surface area contributed by atoms with E-state index in [4.69, 9.17) is 13.9 Å². The van der Waals surface area contributed by atoms with Gasteiger partial charge in [-0.1, -0.05) is 0 Å². The van der Waals surface area contributed by atoms with Crippen molar-refractivity contribution < 1.29 is 28.6 Å². The molecule has 0 aromatic carbocycles. The zero-order valence-electron chi connectivity index (χ0n) is 12.2. The second-order valence-corrected chi connectivity index (χ2v) is 5.26. The highest BCUT2D eigenvalue weighted by Crippen LogP contribution is 2.39. The van der Waals surface area contributed by atoms with Crippen molar-refractivity contribution in [2.45, 2.75) is 31.3 Å². The van der Waals surface area contributed by atoms with Gasteiger partial charge in [-0.2, -0.15) is 0 Å². The lowest BCUT2D eigenvalue weighted by molar-refractivity contribution is -0.150. The molecule has 0 bridgehead atoms. The van der Waals surface area contributed by atoms with Crippen molar-refractivity contribution >= 4 is 11.9 Å². The summed E-state index contributed by atoms with van der Waals surface area (Å²) in [5, 5.41) is 10.3. The largest absolute Gasteiger partial charge is 0.469 e. The lowest BCUT2D eigenvalue weighted by Crippen LogP contribution is -2.29. The highest BCUT2D eigenvalue weighted by Gasteiger charge is 2.41. The van der Waals surface area contributed by atoms with Gasteiger partial charge in [0.15, 0.2) is 0 Å². The van der Waals surface area contributed by atoms with Gasteiger partial charge in [0.2, 0.25) is 0 Å². The van der Waals surface area contributed by atoms with E-state index in [1.165, 1.54) is 20.5 Å². The van der Waals surface area contributed by atoms with Gasteiger partial charge in [0.25, 0.3) is 0 Å². The summed E-state index contributed by atoms with van der Waals surface area (Å²) in [5.74, 6) is -1.56. The van der Waals surface area contributed by atoms with Gasteiger partial charge >= 0.3 is 11.9 Å². The van der Waals surface area contributed by atoms with Crippen molar-refractivity contribution in [2.24, 2.45) is 11.8 Å². The molecular weight excluding hydrogens is 276 g/mol. The Balaban J connectivity index is 2.27. The Morgan fingerprint density at radius 2 is 1.81 bits per heavy atom. The molecule has 1 aromatic rings. The molecule has 116 valence electrons. The van der Waals surface area contributed by atoms with Crippen LogP contribution in [0.5, 0.6) is 0 Å². The maximum atomic E-state index is 12.0. The third-order valence-corrected chi connectivity index (χ3v) is 4.15. The fourth-order valence-electron chi connectivity index (χ4n) is 3.02. The van der Waals surface area contributed by atoms with Gasteiger partial charge in [0, 0.05) is 5.92 Å². The Morgan fingerprint density at radius 1 is 1.19 bits per heavy atom. The molecule has 21 heavy (non-hydrogen) atoms. The highest BCUT2D eigenvalue weighted by atomic mass is 16.5. The maximum Gasteiger partial charge on any atom is 0.311 e. The lowest BCUT2D eigenvalue weighted by atomic mass is 9.85. The average molecular weight is 296 g/mol. The molecule has 0 amide bonds. The second-order valence-electron chi connectivity index (χ2n) is 5.26. The Morgan fingerprint density at radius 3 is 2.38 bits per heavy atom. The topological polar surface area (TPSA) is 86.0 Å². The Kier molecular flexibility index (Phi) is 5.01. The SMILES string of the molecule is COC(=O)[C@H]1CC[C@@H](C(=O)OC)[C@@H](O)C[C@@H]1c1ccco1. The summed E-state index contributed by atoms with van der Waals surface area (Å²) in [7, 11) is 2.63. The minimum Gasteiger partial charge on any atom is -0.469 e. The number of carbonyl (C=O) groups is 2. The Hall–Kier alpha value is -1.82. The van der Waals surface area contributed by atoms with Crippen LogP contribution in [0.1, 0.15) is 30.9 Å². The van der Waals surface area contributed by atoms with E-state index in [0.29, 0.717) is 18.6 Å². The summed E-state index contributed by atoms with van der Waals surface area (Å²) < 4.78 is 15.0. The molecule has 1 aliphatic rings. The van der Waals surface area contributed by atoms with Crippen LogP contribution in [0.2, 0.25) is 0 Å². The number of methoxy groups -OCH3 is 2. The van der Waals surface area contributed by atoms with E-state index in [9.17, 15) is 14.7 Å². The van der Waals surface area contributed by atoms with Crippen molar-refractivity contribution in [1.82, 2.24) is 0 Å². The molecule has 0 unspecified atom stereocenters. The van der Waals surface area contributed by atoms with Crippen LogP contribution in [0.3, 0.4) is 0 Å². The number of hydrogen-bond acceptors (Lipinski definition) is 6. The van der Waals surface area contributed by atoms with Crippen LogP contribution in [0, 0.1) is 11.8 Å². The smallest absolute Gasteiger partial charge is 0.311 e. The van der Waals surface area contributed by atoms with Crippen LogP contribution in [0.25, 0.3) is 0 Å². The molecule has 0 radical (unpaired) electrons. The molecule has 0 aliphatic heterocycles. The van der Waals surface area contributed by atoms with E-state index < -0.39 is 23.9 Å². The van der Waals surface area contributed by atoms with Gasteiger partial charge < -0.3 is 19.0 Å². The maximum absolute atomic E-state index is 12.0. The molecule has 2 rings (SSSR count). The standard InChI is InChI=1S/C15H20O6/c1-19-14(17)9-5-6-10(15(18)20-2)12(16)8-11(9)13-4-3-7-21-13/h3-4,7,9-12,16H,5-6,8H2,1-2H3/t9-,10+,11-,12-/m0/s1. The van der Waals surface area contributed by atoms with E-state index >= 15 is 0 Å². The molecule has 1 saturated carbocycles. The van der Waals surface area contributed by atoms with Crippen LogP contribution < -0.4 is 0 Å². The summed E-state index contributed by atoms with van der Waals surface area (Å²) >= 11 is 0. The van der Waals surface area contributed by atoms with Crippen molar-refractivity contribution in [3.63, 3.8) is 0 Å². The summed E-state index contributed by atoms with van der Waals surface area (Å²) in [4.78, 5) is 23.8. The van der Waals surface area contributed by atoms with Gasteiger partial charge in [-0.15, -0.1) is 0 Å². The van der Waals surface area contributed by atoms with Crippen LogP contribution >= 0.6 is 0 Å². The molecule has 4 atom stereocenters. The van der Waals surface area contributed by atoms with E-state index in [-0.39, 0.29) is 18.3 Å². The van der Waals surface area contributed by atoms with E-state index in [0.717, 1.165) is 0 Å². The number of carbonyl (C=O) groups excluding carboxylic acids is 2. The molecule has 0 saturated heterocycles. The fraction of sp³-hybridized carbons (Fsp3) is 0.600. The fourth-order valence-corrected chi connectivity index (χ4v) is 3.02. The number of ether oxygens (including phenoxy) is 2. The molecular formula is C15H20O6. The van der Waals surface area contributed by atoms with Gasteiger partial charge in [0.1, 0.15) is 5.76 Å². The first kappa shape index (κ1) is 15.6. The first-order valence-electron chi connectivity index (χ1n) is 6.95. The third kappa shape index (κ3) is 3.26. The zero-order chi connectivity index (χ0) is 15.4. The first-order chi connectivity index (χ1) is 10.1. The molecule has 1 aromatic heterocycles. The van der Waals surface area contributed by atoms with Crippen molar-refractivity contribution in [3.8, 4) is 0 Å². The minimum atomic E-state index is -0.873. The lowest BCUT2D eigenvalue weighted by Gasteiger charge is -2.22. The molecule has 1 fully saturated rings. The monoisotopic (exact) mass is 296 g/mol. The van der Waals surface area contributed by atoms with Crippen LogP contribution in [0.15, 0.2) is 22.8 Å². The van der Waals surface area contributed by atoms with Crippen molar-refractivity contribution in [2.75, 3.05) is 14.2 Å². The summed E-state index contributed by atoms with van der Waals surface area (Å²) in [6.07, 6.45) is 1.73. The first-order valence-corrected chi connectivity index (χ1v) is 6.95. The summed E-state index contributed by atoms with van der Waals surface area (Å²) in [6.45, 7) is 0. The molecule has 6 heteroatoms. The summed E-state index contributed by atoms with van der Waals surface area (Å²) in [6, 6.07) is 3.50. The quantitative estimate of drug-likeness (QED) is 0.672. The van der Waals surface area contributed by atoms with Crippen LogP contribution in [-0.4, -0.2) is 37.4 Å². The van der Waals surface area contributed by atoms with Gasteiger partial charge in [-0.25, -0.2) is 0 Å². The normalized spacial score (nSPS) is 29.5. The molecule has 1 N–H and O–H groups in total. The van der Waals surface area contributed by atoms with Crippen molar-refractivity contribution in [3.05, 3.63) is 24.2 Å². The minimum absolute atomic E-state index is 0.257. The number of aliphatic hydroxyl groups excluding tert-OH is 1. The number of aliphatic hydroxyl groups is 1. The number of rotatable bonds is 3.